The van der Waals surface area contributed by atoms with E-state index in [1.807, 2.05) is 22.9 Å². The summed E-state index contributed by atoms with van der Waals surface area (Å²) in [5.41, 5.74) is 2.21. The minimum atomic E-state index is 0.401. The van der Waals surface area contributed by atoms with E-state index in [1.54, 1.807) is 0 Å². The van der Waals surface area contributed by atoms with Crippen molar-refractivity contribution in [3.8, 4) is 5.69 Å². The Morgan fingerprint density at radius 1 is 1.22 bits per heavy atom. The zero-order valence-corrected chi connectivity index (χ0v) is 11.0. The Labute approximate surface area is 108 Å². The molecule has 0 aliphatic heterocycles. The van der Waals surface area contributed by atoms with Crippen LogP contribution in [0.25, 0.3) is 5.69 Å². The zero-order valence-electron chi connectivity index (χ0n) is 11.0. The average Bonchev–Trinajstić information content (AvgIpc) is 2.89. The van der Waals surface area contributed by atoms with Gasteiger partial charge in [-0.05, 0) is 48.2 Å². The molecule has 0 saturated heterocycles. The number of hydrogen-bond acceptors (Lipinski definition) is 3. The molecule has 95 valence electrons. The molecule has 0 fully saturated rings. The largest absolute Gasteiger partial charge is 0.197 e. The van der Waals surface area contributed by atoms with Crippen molar-refractivity contribution in [3.63, 3.8) is 0 Å². The van der Waals surface area contributed by atoms with Crippen molar-refractivity contribution >= 4 is 0 Å². The highest BCUT2D eigenvalue weighted by Gasteiger charge is 2.17. The number of benzene rings is 1. The molecule has 0 atom stereocenters. The standard InChI is InChI=1S/C14H19N4/c1-4-11(5-2)14-15-16-17-18(14)13-10-8-7-9-12(13)6-3/h7-11H,3-6H2,1-2H3. The number of rotatable bonds is 5. The van der Waals surface area contributed by atoms with Gasteiger partial charge in [-0.3, -0.25) is 0 Å². The van der Waals surface area contributed by atoms with Crippen LogP contribution in [0.4, 0.5) is 0 Å². The van der Waals surface area contributed by atoms with Crippen LogP contribution in [0, 0.1) is 6.92 Å². The van der Waals surface area contributed by atoms with Gasteiger partial charge in [0.25, 0.3) is 0 Å². The van der Waals surface area contributed by atoms with Gasteiger partial charge in [0.15, 0.2) is 5.82 Å². The lowest BCUT2D eigenvalue weighted by Crippen LogP contribution is -2.09. The molecule has 1 aromatic heterocycles. The van der Waals surface area contributed by atoms with E-state index in [2.05, 4.69) is 42.4 Å². The Hall–Kier alpha value is -1.71. The van der Waals surface area contributed by atoms with E-state index in [0.29, 0.717) is 5.92 Å². The molecule has 4 nitrogen and oxygen atoms in total. The first-order valence-electron chi connectivity index (χ1n) is 6.47. The van der Waals surface area contributed by atoms with Gasteiger partial charge in [-0.2, -0.15) is 4.68 Å². The second kappa shape index (κ2) is 5.76. The van der Waals surface area contributed by atoms with Crippen LogP contribution in [0.5, 0.6) is 0 Å². The molecule has 0 aliphatic carbocycles. The van der Waals surface area contributed by atoms with Crippen molar-refractivity contribution in [2.24, 2.45) is 0 Å². The maximum Gasteiger partial charge on any atom is 0.159 e. The Balaban J connectivity index is 2.48. The fourth-order valence-corrected chi connectivity index (χ4v) is 2.20. The van der Waals surface area contributed by atoms with Crippen LogP contribution in [-0.4, -0.2) is 20.2 Å². The summed E-state index contributed by atoms with van der Waals surface area (Å²) in [5.74, 6) is 1.35. The highest BCUT2D eigenvalue weighted by Crippen LogP contribution is 2.23. The monoisotopic (exact) mass is 243 g/mol. The van der Waals surface area contributed by atoms with Gasteiger partial charge in [-0.15, -0.1) is 5.10 Å². The third-order valence-corrected chi connectivity index (χ3v) is 3.33. The van der Waals surface area contributed by atoms with Crippen LogP contribution in [-0.2, 0) is 6.42 Å². The van der Waals surface area contributed by atoms with Crippen LogP contribution >= 0.6 is 0 Å². The minimum absolute atomic E-state index is 0.401. The summed E-state index contributed by atoms with van der Waals surface area (Å²) < 4.78 is 1.86. The molecular formula is C14H19N4. The molecule has 0 spiro atoms. The molecule has 2 aromatic rings. The Morgan fingerprint density at radius 3 is 2.61 bits per heavy atom. The van der Waals surface area contributed by atoms with E-state index in [-0.39, 0.29) is 0 Å². The van der Waals surface area contributed by atoms with Gasteiger partial charge >= 0.3 is 0 Å². The van der Waals surface area contributed by atoms with Crippen molar-refractivity contribution in [1.82, 2.24) is 20.2 Å². The Bertz CT molecular complexity index is 500. The van der Waals surface area contributed by atoms with Crippen LogP contribution < -0.4 is 0 Å². The maximum atomic E-state index is 4.19. The van der Waals surface area contributed by atoms with Gasteiger partial charge in [0.2, 0.25) is 0 Å². The molecule has 0 saturated carbocycles. The quantitative estimate of drug-likeness (QED) is 0.811. The molecule has 18 heavy (non-hydrogen) atoms. The van der Waals surface area contributed by atoms with Crippen LogP contribution in [0.2, 0.25) is 0 Å². The third-order valence-electron chi connectivity index (χ3n) is 3.33. The van der Waals surface area contributed by atoms with Crippen LogP contribution in [0.1, 0.15) is 44.0 Å². The smallest absolute Gasteiger partial charge is 0.159 e. The van der Waals surface area contributed by atoms with Gasteiger partial charge in [0, 0.05) is 5.92 Å². The van der Waals surface area contributed by atoms with Crippen LogP contribution in [0.3, 0.4) is 0 Å². The van der Waals surface area contributed by atoms with Gasteiger partial charge in [0.1, 0.15) is 0 Å². The molecule has 1 aromatic carbocycles. The highest BCUT2D eigenvalue weighted by molar-refractivity contribution is 5.41. The van der Waals surface area contributed by atoms with Gasteiger partial charge in [0.05, 0.1) is 5.69 Å². The normalized spacial score (nSPS) is 11.1. The third kappa shape index (κ3) is 2.28. The van der Waals surface area contributed by atoms with Crippen molar-refractivity contribution in [1.29, 1.82) is 0 Å². The number of hydrogen-bond donors (Lipinski definition) is 0. The van der Waals surface area contributed by atoms with E-state index in [4.69, 9.17) is 0 Å². The van der Waals surface area contributed by atoms with Crippen molar-refractivity contribution in [2.75, 3.05) is 0 Å². The van der Waals surface area contributed by atoms with E-state index in [0.717, 1.165) is 36.3 Å². The fourth-order valence-electron chi connectivity index (χ4n) is 2.20. The minimum Gasteiger partial charge on any atom is -0.197 e. The molecule has 0 unspecified atom stereocenters. The summed E-state index contributed by atoms with van der Waals surface area (Å²) in [7, 11) is 0. The number of para-hydroxylation sites is 1. The molecule has 0 N–H and O–H groups in total. The zero-order chi connectivity index (χ0) is 13.0. The summed E-state index contributed by atoms with van der Waals surface area (Å²) in [5, 5.41) is 12.2. The van der Waals surface area contributed by atoms with E-state index in [9.17, 15) is 0 Å². The second-order valence-electron chi connectivity index (χ2n) is 4.34. The lowest BCUT2D eigenvalue weighted by atomic mass is 10.0. The molecule has 0 bridgehead atoms. The number of nitrogens with zero attached hydrogens (tertiary/aromatic N) is 4. The first-order chi connectivity index (χ1) is 8.81. The SMILES string of the molecule is [CH2]Cc1ccccc1-n1nnnc1C(CC)CC. The van der Waals surface area contributed by atoms with E-state index < -0.39 is 0 Å². The molecule has 1 heterocycles. The highest BCUT2D eigenvalue weighted by atomic mass is 15.5. The molecule has 4 heteroatoms. The summed E-state index contributed by atoms with van der Waals surface area (Å²) in [4.78, 5) is 0. The summed E-state index contributed by atoms with van der Waals surface area (Å²) in [6.45, 7) is 8.29. The van der Waals surface area contributed by atoms with Crippen molar-refractivity contribution in [3.05, 3.63) is 42.6 Å². The Morgan fingerprint density at radius 2 is 1.94 bits per heavy atom. The molecule has 1 radical (unpaired) electrons. The van der Waals surface area contributed by atoms with Gasteiger partial charge in [-0.1, -0.05) is 32.0 Å². The summed E-state index contributed by atoms with van der Waals surface area (Å²) in [6, 6.07) is 8.14. The topological polar surface area (TPSA) is 43.6 Å². The molecule has 0 aliphatic rings. The first kappa shape index (κ1) is 12.7. The Kier molecular flexibility index (Phi) is 4.07. The van der Waals surface area contributed by atoms with Gasteiger partial charge < -0.3 is 0 Å². The fraction of sp³-hybridized carbons (Fsp3) is 0.429. The van der Waals surface area contributed by atoms with Crippen LogP contribution in [0.15, 0.2) is 24.3 Å². The second-order valence-corrected chi connectivity index (χ2v) is 4.34. The lowest BCUT2D eigenvalue weighted by Gasteiger charge is -2.14. The van der Waals surface area contributed by atoms with Gasteiger partial charge in [-0.25, -0.2) is 0 Å². The maximum absolute atomic E-state index is 4.19. The lowest BCUT2D eigenvalue weighted by molar-refractivity contribution is 0.580. The number of aromatic nitrogens is 4. The van der Waals surface area contributed by atoms with Crippen molar-refractivity contribution < 1.29 is 0 Å². The molecular weight excluding hydrogens is 224 g/mol. The number of tetrazole rings is 1. The van der Waals surface area contributed by atoms with E-state index >= 15 is 0 Å². The summed E-state index contributed by atoms with van der Waals surface area (Å²) in [6.07, 6.45) is 2.82. The average molecular weight is 243 g/mol. The predicted octanol–water partition coefficient (Wildman–Crippen LogP) is 2.94. The molecule has 0 amide bonds. The molecule has 2 rings (SSSR count). The predicted molar refractivity (Wildman–Crippen MR) is 71.5 cm³/mol. The first-order valence-corrected chi connectivity index (χ1v) is 6.47. The van der Waals surface area contributed by atoms with Crippen molar-refractivity contribution in [2.45, 2.75) is 39.0 Å². The summed E-state index contributed by atoms with van der Waals surface area (Å²) >= 11 is 0. The van der Waals surface area contributed by atoms with E-state index in [1.165, 1.54) is 0 Å².